The standard InChI is InChI=1S/C20H18N4O6S3/c1-29-17(25)12-31-20-23-22-19(32-20)21-18(26)16-11-24(14-9-5-6-10-15(14)30-16)33(27,28)13-7-3-2-4-8-13/h2-10,16H,11-12H2,1H3,(H,21,22,26)/t16-/m0/s1. The van der Waals surface area contributed by atoms with Crippen LogP contribution in [0.5, 0.6) is 5.75 Å². The van der Waals surface area contributed by atoms with Gasteiger partial charge in [-0.2, -0.15) is 0 Å². The summed E-state index contributed by atoms with van der Waals surface area (Å²) in [6.07, 6.45) is -1.12. The number of ether oxygens (including phenoxy) is 2. The Bertz CT molecular complexity index is 1270. The fourth-order valence-corrected chi connectivity index (χ4v) is 6.05. The van der Waals surface area contributed by atoms with Crippen LogP contribution in [0, 0.1) is 0 Å². The molecule has 10 nitrogen and oxygen atoms in total. The average Bonchev–Trinajstić information content (AvgIpc) is 3.29. The third kappa shape index (κ3) is 5.10. The zero-order valence-corrected chi connectivity index (χ0v) is 19.7. The lowest BCUT2D eigenvalue weighted by atomic mass is 10.2. The van der Waals surface area contributed by atoms with Crippen LogP contribution in [0.3, 0.4) is 0 Å². The molecule has 0 fully saturated rings. The quantitative estimate of drug-likeness (QED) is 0.292. The molecular formula is C20H18N4O6S3. The molecule has 0 bridgehead atoms. The topological polar surface area (TPSA) is 128 Å². The van der Waals surface area contributed by atoms with Gasteiger partial charge < -0.3 is 9.47 Å². The Kier molecular flexibility index (Phi) is 6.81. The first-order valence-electron chi connectivity index (χ1n) is 9.56. The van der Waals surface area contributed by atoms with Crippen molar-refractivity contribution in [2.24, 2.45) is 0 Å². The van der Waals surface area contributed by atoms with Crippen molar-refractivity contribution < 1.29 is 27.5 Å². The lowest BCUT2D eigenvalue weighted by Crippen LogP contribution is -2.48. The second-order valence-corrected chi connectivity index (χ2v) is 10.7. The Morgan fingerprint density at radius 2 is 1.91 bits per heavy atom. The van der Waals surface area contributed by atoms with E-state index in [1.165, 1.54) is 23.5 Å². The van der Waals surface area contributed by atoms with Crippen molar-refractivity contribution in [3.8, 4) is 5.75 Å². The number of sulfonamides is 1. The predicted molar refractivity (Wildman–Crippen MR) is 123 cm³/mol. The fraction of sp³-hybridized carbons (Fsp3) is 0.200. The van der Waals surface area contributed by atoms with Gasteiger partial charge in [0.2, 0.25) is 5.13 Å². The summed E-state index contributed by atoms with van der Waals surface area (Å²) in [6, 6.07) is 14.6. The highest BCUT2D eigenvalue weighted by atomic mass is 32.2. The number of benzene rings is 2. The summed E-state index contributed by atoms with van der Waals surface area (Å²) in [6.45, 7) is -0.219. The third-order valence-electron chi connectivity index (χ3n) is 4.54. The van der Waals surface area contributed by atoms with E-state index in [-0.39, 0.29) is 28.1 Å². The molecule has 4 rings (SSSR count). The molecular weight excluding hydrogens is 488 g/mol. The van der Waals surface area contributed by atoms with E-state index in [9.17, 15) is 18.0 Å². The van der Waals surface area contributed by atoms with E-state index in [1.807, 2.05) is 0 Å². The van der Waals surface area contributed by atoms with Crippen molar-refractivity contribution in [2.45, 2.75) is 15.3 Å². The largest absolute Gasteiger partial charge is 0.476 e. The van der Waals surface area contributed by atoms with E-state index >= 15 is 0 Å². The van der Waals surface area contributed by atoms with Crippen molar-refractivity contribution >= 4 is 55.8 Å². The maximum Gasteiger partial charge on any atom is 0.316 e. The molecule has 0 radical (unpaired) electrons. The molecule has 172 valence electrons. The summed E-state index contributed by atoms with van der Waals surface area (Å²) >= 11 is 2.21. The van der Waals surface area contributed by atoms with Crippen LogP contribution in [-0.4, -0.2) is 56.0 Å². The SMILES string of the molecule is COC(=O)CSc1nnc(NC(=O)[C@@H]2CN(S(=O)(=O)c3ccccc3)c3ccccc3O2)s1. The number of rotatable bonds is 7. The molecule has 0 saturated heterocycles. The second-order valence-electron chi connectivity index (χ2n) is 6.65. The summed E-state index contributed by atoms with van der Waals surface area (Å²) in [4.78, 5) is 24.3. The minimum Gasteiger partial charge on any atom is -0.476 e. The monoisotopic (exact) mass is 506 g/mol. The van der Waals surface area contributed by atoms with Crippen LogP contribution in [0.15, 0.2) is 63.8 Å². The minimum atomic E-state index is -3.93. The lowest BCUT2D eigenvalue weighted by Gasteiger charge is -2.34. The van der Waals surface area contributed by atoms with Gasteiger partial charge in [-0.15, -0.1) is 10.2 Å². The normalized spacial score (nSPS) is 15.3. The third-order valence-corrected chi connectivity index (χ3v) is 8.28. The van der Waals surface area contributed by atoms with Crippen LogP contribution < -0.4 is 14.4 Å². The van der Waals surface area contributed by atoms with E-state index < -0.39 is 28.0 Å². The highest BCUT2D eigenvalue weighted by Crippen LogP contribution is 2.37. The number of aromatic nitrogens is 2. The van der Waals surface area contributed by atoms with Gasteiger partial charge in [0.1, 0.15) is 5.75 Å². The molecule has 0 saturated carbocycles. The number of carbonyl (C=O) groups excluding carboxylic acids is 2. The average molecular weight is 507 g/mol. The maximum absolute atomic E-state index is 13.3. The molecule has 3 aromatic rings. The van der Waals surface area contributed by atoms with Crippen LogP contribution in [-0.2, 0) is 24.3 Å². The molecule has 1 N–H and O–H groups in total. The molecule has 1 amide bonds. The number of hydrogen-bond acceptors (Lipinski definition) is 10. The summed E-state index contributed by atoms with van der Waals surface area (Å²) in [5.41, 5.74) is 0.350. The predicted octanol–water partition coefficient (Wildman–Crippen LogP) is 2.40. The Morgan fingerprint density at radius 1 is 1.18 bits per heavy atom. The van der Waals surface area contributed by atoms with Gasteiger partial charge in [0.15, 0.2) is 10.4 Å². The van der Waals surface area contributed by atoms with E-state index in [2.05, 4.69) is 20.3 Å². The van der Waals surface area contributed by atoms with Gasteiger partial charge in [-0.05, 0) is 24.3 Å². The number of esters is 1. The molecule has 2 heterocycles. The fourth-order valence-electron chi connectivity index (χ4n) is 2.97. The Labute approximate surface area is 198 Å². The number of methoxy groups -OCH3 is 1. The van der Waals surface area contributed by atoms with Crippen LogP contribution in [0.25, 0.3) is 0 Å². The molecule has 1 atom stereocenters. The van der Waals surface area contributed by atoms with Gasteiger partial charge in [-0.3, -0.25) is 19.2 Å². The van der Waals surface area contributed by atoms with Gasteiger partial charge >= 0.3 is 5.97 Å². The van der Waals surface area contributed by atoms with E-state index in [1.54, 1.807) is 42.5 Å². The first-order chi connectivity index (χ1) is 15.9. The minimum absolute atomic E-state index is 0.0634. The van der Waals surface area contributed by atoms with Crippen molar-refractivity contribution in [1.29, 1.82) is 0 Å². The second kappa shape index (κ2) is 9.77. The molecule has 1 aliphatic rings. The molecule has 1 aromatic heterocycles. The molecule has 0 spiro atoms. The summed E-state index contributed by atoms with van der Waals surface area (Å²) in [5, 5.41) is 10.6. The number of nitrogens with zero attached hydrogens (tertiary/aromatic N) is 3. The van der Waals surface area contributed by atoms with Crippen LogP contribution in [0.4, 0.5) is 10.8 Å². The van der Waals surface area contributed by atoms with E-state index in [0.717, 1.165) is 23.1 Å². The number of nitrogens with one attached hydrogen (secondary N) is 1. The smallest absolute Gasteiger partial charge is 0.316 e. The molecule has 13 heteroatoms. The lowest BCUT2D eigenvalue weighted by molar-refractivity contribution is -0.137. The van der Waals surface area contributed by atoms with E-state index in [0.29, 0.717) is 10.0 Å². The van der Waals surface area contributed by atoms with Crippen LogP contribution >= 0.6 is 23.1 Å². The highest BCUT2D eigenvalue weighted by Gasteiger charge is 2.37. The summed E-state index contributed by atoms with van der Waals surface area (Å²) in [7, 11) is -2.64. The van der Waals surface area contributed by atoms with Gasteiger partial charge in [-0.1, -0.05) is 53.4 Å². The summed E-state index contributed by atoms with van der Waals surface area (Å²) < 4.78 is 38.6. The molecule has 1 aliphatic heterocycles. The van der Waals surface area contributed by atoms with Gasteiger partial charge in [-0.25, -0.2) is 8.42 Å². The van der Waals surface area contributed by atoms with Gasteiger partial charge in [0.05, 0.1) is 30.0 Å². The van der Waals surface area contributed by atoms with Crippen LogP contribution in [0.1, 0.15) is 0 Å². The molecule has 2 aromatic carbocycles. The van der Waals surface area contributed by atoms with E-state index in [4.69, 9.17) is 4.74 Å². The number of hydrogen-bond donors (Lipinski definition) is 1. The molecule has 0 aliphatic carbocycles. The number of thioether (sulfide) groups is 1. The Hall–Kier alpha value is -3.16. The number of para-hydroxylation sites is 2. The first-order valence-corrected chi connectivity index (χ1v) is 12.8. The number of carbonyl (C=O) groups is 2. The van der Waals surface area contributed by atoms with Crippen LogP contribution in [0.2, 0.25) is 0 Å². The Balaban J connectivity index is 1.53. The number of amides is 1. The first kappa shape index (κ1) is 23.0. The highest BCUT2D eigenvalue weighted by molar-refractivity contribution is 8.01. The van der Waals surface area contributed by atoms with Crippen molar-refractivity contribution in [2.75, 3.05) is 29.0 Å². The van der Waals surface area contributed by atoms with Crippen molar-refractivity contribution in [1.82, 2.24) is 10.2 Å². The number of anilines is 2. The zero-order chi connectivity index (χ0) is 23.4. The maximum atomic E-state index is 13.3. The summed E-state index contributed by atoms with van der Waals surface area (Å²) in [5.74, 6) is -0.642. The molecule has 0 unspecified atom stereocenters. The van der Waals surface area contributed by atoms with Gasteiger partial charge in [0, 0.05) is 0 Å². The molecule has 33 heavy (non-hydrogen) atoms. The van der Waals surface area contributed by atoms with Crippen molar-refractivity contribution in [3.63, 3.8) is 0 Å². The van der Waals surface area contributed by atoms with Gasteiger partial charge in [0.25, 0.3) is 15.9 Å². The zero-order valence-electron chi connectivity index (χ0n) is 17.2. The number of fused-ring (bicyclic) bond motifs is 1. The van der Waals surface area contributed by atoms with Crippen molar-refractivity contribution in [3.05, 3.63) is 54.6 Å². The Morgan fingerprint density at radius 3 is 2.67 bits per heavy atom.